The molecule has 4 aliphatic rings. The lowest BCUT2D eigenvalue weighted by Gasteiger charge is -2.39. The van der Waals surface area contributed by atoms with Crippen LogP contribution in [-0.2, 0) is 14.2 Å². The number of ether oxygens (including phenoxy) is 3. The van der Waals surface area contributed by atoms with Gasteiger partial charge in [-0.1, -0.05) is 6.58 Å². The van der Waals surface area contributed by atoms with Crippen molar-refractivity contribution in [1.82, 2.24) is 5.32 Å². The van der Waals surface area contributed by atoms with Crippen LogP contribution in [0.4, 0.5) is 0 Å². The Balaban J connectivity index is 1.59. The Labute approximate surface area is 197 Å². The van der Waals surface area contributed by atoms with E-state index in [1.54, 1.807) is 20.9 Å². The number of aliphatic hydroxyl groups excluding tert-OH is 1. The van der Waals surface area contributed by atoms with Crippen LogP contribution >= 0.6 is 0 Å². The van der Waals surface area contributed by atoms with Gasteiger partial charge in [-0.05, 0) is 33.4 Å². The molecular formula is C25H29NO8. The van der Waals surface area contributed by atoms with Crippen molar-refractivity contribution in [3.8, 4) is 11.5 Å². The second kappa shape index (κ2) is 8.20. The van der Waals surface area contributed by atoms with Crippen molar-refractivity contribution in [3.63, 3.8) is 0 Å². The quantitative estimate of drug-likeness (QED) is 0.490. The number of benzene rings is 1. The summed E-state index contributed by atoms with van der Waals surface area (Å²) >= 11 is 0. The second-order valence-electron chi connectivity index (χ2n) is 9.54. The molecule has 0 radical (unpaired) electrons. The number of Topliss-reactive ketones (excluding diaryl/α,β-unsaturated/α-hetero) is 1. The molecule has 0 amide bonds. The van der Waals surface area contributed by atoms with Crippen LogP contribution in [0.15, 0.2) is 24.0 Å². The van der Waals surface area contributed by atoms with Crippen LogP contribution in [0.5, 0.6) is 11.5 Å². The number of nitrogens with one attached hydrogen (secondary N) is 1. The van der Waals surface area contributed by atoms with Crippen LogP contribution < -0.4 is 5.32 Å². The smallest absolute Gasteiger partial charge is 0.196 e. The first-order valence-corrected chi connectivity index (χ1v) is 11.5. The second-order valence-corrected chi connectivity index (χ2v) is 9.54. The molecule has 3 heterocycles. The number of aromatic hydroxyl groups is 2. The maximum absolute atomic E-state index is 13.6. The van der Waals surface area contributed by atoms with Gasteiger partial charge in [0.05, 0.1) is 41.3 Å². The first-order valence-electron chi connectivity index (χ1n) is 11.5. The highest BCUT2D eigenvalue weighted by molar-refractivity contribution is 6.27. The fourth-order valence-electron chi connectivity index (χ4n) is 5.77. The van der Waals surface area contributed by atoms with Gasteiger partial charge >= 0.3 is 0 Å². The number of ketones is 2. The summed E-state index contributed by atoms with van der Waals surface area (Å²) in [6.45, 7) is 7.76. The van der Waals surface area contributed by atoms with Crippen LogP contribution in [0.25, 0.3) is 0 Å². The van der Waals surface area contributed by atoms with Crippen molar-refractivity contribution in [2.45, 2.75) is 63.3 Å². The summed E-state index contributed by atoms with van der Waals surface area (Å²) in [4.78, 5) is 26.9. The molecule has 2 saturated heterocycles. The third-order valence-corrected chi connectivity index (χ3v) is 7.35. The standard InChI is InChI=1S/C25H29NO8/c1-9-5-16-25(32-9)20-17(10(2)33-16)23(30)19-18(24(20)31)14(27)7-13(22(19)29)15-6-12(8-26-4)21(28)11(3)34-15/h7,10-12,15-16,21,25-26,28,30-31H,1,5-6,8H2,2-4H3/t10-,11-,12+,15?,16-,21-,25+/m1/s1. The van der Waals surface area contributed by atoms with E-state index >= 15 is 0 Å². The Morgan fingerprint density at radius 3 is 2.53 bits per heavy atom. The number of hydrogen-bond acceptors (Lipinski definition) is 9. The lowest BCUT2D eigenvalue weighted by Crippen LogP contribution is -2.48. The van der Waals surface area contributed by atoms with Gasteiger partial charge in [-0.25, -0.2) is 0 Å². The summed E-state index contributed by atoms with van der Waals surface area (Å²) in [5.74, 6) is -1.66. The average Bonchev–Trinajstić information content (AvgIpc) is 3.15. The lowest BCUT2D eigenvalue weighted by atomic mass is 9.77. The van der Waals surface area contributed by atoms with Gasteiger partial charge in [0.15, 0.2) is 17.7 Å². The molecule has 7 atom stereocenters. The zero-order chi connectivity index (χ0) is 24.5. The molecule has 4 N–H and O–H groups in total. The number of rotatable bonds is 3. The first kappa shape index (κ1) is 23.0. The molecule has 0 saturated carbocycles. The van der Waals surface area contributed by atoms with Crippen molar-refractivity contribution >= 4 is 11.6 Å². The molecular weight excluding hydrogens is 442 g/mol. The molecule has 2 fully saturated rings. The molecule has 182 valence electrons. The van der Waals surface area contributed by atoms with Gasteiger partial charge in [0, 0.05) is 35.6 Å². The zero-order valence-electron chi connectivity index (χ0n) is 19.3. The van der Waals surface area contributed by atoms with E-state index in [1.165, 1.54) is 6.08 Å². The van der Waals surface area contributed by atoms with E-state index in [4.69, 9.17) is 14.2 Å². The highest BCUT2D eigenvalue weighted by Crippen LogP contribution is 2.55. The molecule has 1 unspecified atom stereocenters. The molecule has 3 aliphatic heterocycles. The van der Waals surface area contributed by atoms with Gasteiger partial charge in [-0.3, -0.25) is 9.59 Å². The molecule has 0 aromatic heterocycles. The Bertz CT molecular complexity index is 1120. The highest BCUT2D eigenvalue weighted by atomic mass is 16.6. The highest BCUT2D eigenvalue weighted by Gasteiger charge is 2.48. The summed E-state index contributed by atoms with van der Waals surface area (Å²) < 4.78 is 17.6. The van der Waals surface area contributed by atoms with Crippen LogP contribution in [0, 0.1) is 5.92 Å². The lowest BCUT2D eigenvalue weighted by molar-refractivity contribution is -0.123. The number of carbonyl (C=O) groups excluding carboxylic acids is 2. The molecule has 0 spiro atoms. The van der Waals surface area contributed by atoms with E-state index in [2.05, 4.69) is 11.9 Å². The van der Waals surface area contributed by atoms with Crippen LogP contribution in [-0.4, -0.2) is 64.9 Å². The minimum atomic E-state index is -0.738. The minimum Gasteiger partial charge on any atom is -0.507 e. The van der Waals surface area contributed by atoms with Gasteiger partial charge < -0.3 is 34.8 Å². The third kappa shape index (κ3) is 3.30. The molecule has 5 rings (SSSR count). The molecule has 1 aromatic rings. The van der Waals surface area contributed by atoms with Crippen molar-refractivity contribution in [3.05, 3.63) is 46.2 Å². The predicted octanol–water partition coefficient (Wildman–Crippen LogP) is 2.21. The summed E-state index contributed by atoms with van der Waals surface area (Å²) in [6.07, 6.45) is -1.85. The molecule has 0 bridgehead atoms. The number of fused-ring (bicyclic) bond motifs is 4. The Hall–Kier alpha value is -2.72. The predicted molar refractivity (Wildman–Crippen MR) is 120 cm³/mol. The van der Waals surface area contributed by atoms with Gasteiger partial charge in [0.2, 0.25) is 0 Å². The van der Waals surface area contributed by atoms with E-state index < -0.39 is 53.9 Å². The van der Waals surface area contributed by atoms with Crippen molar-refractivity contribution in [2.75, 3.05) is 13.6 Å². The van der Waals surface area contributed by atoms with Gasteiger partial charge in [-0.2, -0.15) is 0 Å². The number of hydrogen-bond donors (Lipinski definition) is 4. The number of carbonyl (C=O) groups is 2. The molecule has 9 nitrogen and oxygen atoms in total. The van der Waals surface area contributed by atoms with E-state index in [1.807, 2.05) is 0 Å². The van der Waals surface area contributed by atoms with E-state index in [-0.39, 0.29) is 39.5 Å². The molecule has 1 aliphatic carbocycles. The summed E-state index contributed by atoms with van der Waals surface area (Å²) in [6, 6.07) is 0. The summed E-state index contributed by atoms with van der Waals surface area (Å²) in [5.41, 5.74) is 0.0961. The monoisotopic (exact) mass is 471 g/mol. The van der Waals surface area contributed by atoms with Gasteiger partial charge in [-0.15, -0.1) is 0 Å². The van der Waals surface area contributed by atoms with E-state index in [9.17, 15) is 24.9 Å². The van der Waals surface area contributed by atoms with E-state index in [0.29, 0.717) is 25.1 Å². The number of phenolic OH excluding ortho intramolecular Hbond substituents is 2. The maximum atomic E-state index is 13.6. The summed E-state index contributed by atoms with van der Waals surface area (Å²) in [5, 5.41) is 35.9. The number of allylic oxidation sites excluding steroid dienone is 1. The zero-order valence-corrected chi connectivity index (χ0v) is 19.3. The Morgan fingerprint density at radius 1 is 1.12 bits per heavy atom. The number of phenols is 2. The fraction of sp³-hybridized carbons (Fsp3) is 0.520. The average molecular weight is 472 g/mol. The Kier molecular flexibility index (Phi) is 5.55. The fourth-order valence-corrected chi connectivity index (χ4v) is 5.77. The van der Waals surface area contributed by atoms with Crippen LogP contribution in [0.1, 0.15) is 70.7 Å². The minimum absolute atomic E-state index is 0.0970. The Morgan fingerprint density at radius 2 is 1.82 bits per heavy atom. The first-order chi connectivity index (χ1) is 16.1. The van der Waals surface area contributed by atoms with E-state index in [0.717, 1.165) is 0 Å². The van der Waals surface area contributed by atoms with Crippen molar-refractivity contribution in [1.29, 1.82) is 0 Å². The molecule has 1 aromatic carbocycles. The number of aliphatic hydroxyl groups is 1. The van der Waals surface area contributed by atoms with Crippen molar-refractivity contribution < 1.29 is 39.1 Å². The SMILES string of the molecule is C=C1C[C@H]2O[C@H](C)c3c(O)c4c(c(O)c3[C@H]2O1)C(=O)C=C(C1C[C@@H](CNC)[C@H](O)[C@@H](C)O1)C4=O. The third-order valence-electron chi connectivity index (χ3n) is 7.35. The molecule has 9 heteroatoms. The summed E-state index contributed by atoms with van der Waals surface area (Å²) in [7, 11) is 1.77. The molecule has 34 heavy (non-hydrogen) atoms. The van der Waals surface area contributed by atoms with Crippen LogP contribution in [0.3, 0.4) is 0 Å². The topological polar surface area (TPSA) is 135 Å². The van der Waals surface area contributed by atoms with Gasteiger partial charge in [0.25, 0.3) is 0 Å². The normalized spacial score (nSPS) is 34.8. The van der Waals surface area contributed by atoms with Gasteiger partial charge in [0.1, 0.15) is 17.6 Å². The van der Waals surface area contributed by atoms with Crippen LogP contribution in [0.2, 0.25) is 0 Å². The van der Waals surface area contributed by atoms with Crippen molar-refractivity contribution in [2.24, 2.45) is 5.92 Å². The largest absolute Gasteiger partial charge is 0.507 e. The maximum Gasteiger partial charge on any atom is 0.196 e.